The number of anilines is 1. The van der Waals surface area contributed by atoms with E-state index in [1.54, 1.807) is 12.1 Å². The molecular formula is C13H9BrCl2N2O3. The minimum absolute atomic E-state index is 0.0129. The predicted octanol–water partition coefficient (Wildman–Crippen LogP) is 4.98. The molecule has 110 valence electrons. The van der Waals surface area contributed by atoms with Crippen molar-refractivity contribution in [2.24, 2.45) is 0 Å². The summed E-state index contributed by atoms with van der Waals surface area (Å²) in [5.41, 5.74) is 1.16. The zero-order chi connectivity index (χ0) is 15.6. The Bertz CT molecular complexity index is 710. The van der Waals surface area contributed by atoms with E-state index in [0.29, 0.717) is 20.7 Å². The molecule has 0 spiro atoms. The van der Waals surface area contributed by atoms with E-state index in [0.717, 1.165) is 0 Å². The Morgan fingerprint density at radius 3 is 2.62 bits per heavy atom. The molecule has 0 bridgehead atoms. The first-order valence-electron chi connectivity index (χ1n) is 5.73. The number of benzene rings is 2. The predicted molar refractivity (Wildman–Crippen MR) is 86.2 cm³/mol. The molecule has 21 heavy (non-hydrogen) atoms. The van der Waals surface area contributed by atoms with E-state index >= 15 is 0 Å². The number of nitrogens with zero attached hydrogens (tertiary/aromatic N) is 1. The number of nitro groups is 1. The Labute approximate surface area is 138 Å². The van der Waals surface area contributed by atoms with Gasteiger partial charge in [-0.3, -0.25) is 10.1 Å². The van der Waals surface area contributed by atoms with Crippen LogP contribution in [-0.2, 0) is 6.54 Å². The first-order chi connectivity index (χ1) is 9.88. The molecule has 5 nitrogen and oxygen atoms in total. The smallest absolute Gasteiger partial charge is 0.270 e. The van der Waals surface area contributed by atoms with Crippen LogP contribution < -0.4 is 5.32 Å². The van der Waals surface area contributed by atoms with Crippen molar-refractivity contribution in [2.75, 3.05) is 5.32 Å². The lowest BCUT2D eigenvalue weighted by molar-refractivity contribution is -0.384. The largest absolute Gasteiger partial charge is 0.506 e. The summed E-state index contributed by atoms with van der Waals surface area (Å²) in [4.78, 5) is 10.2. The molecule has 0 aliphatic carbocycles. The number of nitrogens with one attached hydrogen (secondary N) is 1. The number of aromatic hydroxyl groups is 1. The zero-order valence-electron chi connectivity index (χ0n) is 10.4. The SMILES string of the molecule is O=[N+]([O-])c1ccc(NCc2cc(Cl)cc(Cl)c2O)c(Br)c1. The molecule has 0 atom stereocenters. The number of phenols is 1. The third-order valence-electron chi connectivity index (χ3n) is 2.74. The highest BCUT2D eigenvalue weighted by atomic mass is 79.9. The lowest BCUT2D eigenvalue weighted by Crippen LogP contribution is -2.01. The van der Waals surface area contributed by atoms with Crippen molar-refractivity contribution in [3.05, 3.63) is 60.5 Å². The minimum atomic E-state index is -0.475. The lowest BCUT2D eigenvalue weighted by Gasteiger charge is -2.11. The van der Waals surface area contributed by atoms with Gasteiger partial charge in [-0.25, -0.2) is 0 Å². The number of halogens is 3. The summed E-state index contributed by atoms with van der Waals surface area (Å²) in [7, 11) is 0. The minimum Gasteiger partial charge on any atom is -0.506 e. The van der Waals surface area contributed by atoms with Crippen molar-refractivity contribution in [3.63, 3.8) is 0 Å². The highest BCUT2D eigenvalue weighted by molar-refractivity contribution is 9.10. The molecule has 2 aromatic rings. The molecule has 8 heteroatoms. The van der Waals surface area contributed by atoms with E-state index in [4.69, 9.17) is 23.2 Å². The van der Waals surface area contributed by atoms with Gasteiger partial charge in [-0.15, -0.1) is 0 Å². The van der Waals surface area contributed by atoms with E-state index in [2.05, 4.69) is 21.2 Å². The van der Waals surface area contributed by atoms with E-state index in [-0.39, 0.29) is 23.0 Å². The second kappa shape index (κ2) is 6.51. The highest BCUT2D eigenvalue weighted by Crippen LogP contribution is 2.33. The number of nitro benzene ring substituents is 1. The second-order valence-electron chi connectivity index (χ2n) is 4.17. The summed E-state index contributed by atoms with van der Waals surface area (Å²) in [6, 6.07) is 7.40. The van der Waals surface area contributed by atoms with Crippen LogP contribution in [0.2, 0.25) is 10.0 Å². The van der Waals surface area contributed by atoms with Crippen LogP contribution in [0.3, 0.4) is 0 Å². The molecular weight excluding hydrogens is 383 g/mol. The Balaban J connectivity index is 2.19. The molecule has 0 aromatic heterocycles. The normalized spacial score (nSPS) is 10.4. The molecule has 0 aliphatic rings. The Kier molecular flexibility index (Phi) is 4.92. The fourth-order valence-electron chi connectivity index (χ4n) is 1.71. The van der Waals surface area contributed by atoms with Gasteiger partial charge in [0.2, 0.25) is 0 Å². The van der Waals surface area contributed by atoms with Gasteiger partial charge in [0, 0.05) is 39.4 Å². The molecule has 0 unspecified atom stereocenters. The average molecular weight is 392 g/mol. The van der Waals surface area contributed by atoms with Crippen LogP contribution in [0, 0.1) is 10.1 Å². The molecule has 0 heterocycles. The number of rotatable bonds is 4. The third-order valence-corrected chi connectivity index (χ3v) is 3.90. The first-order valence-corrected chi connectivity index (χ1v) is 7.28. The summed E-state index contributed by atoms with van der Waals surface area (Å²) < 4.78 is 0.546. The van der Waals surface area contributed by atoms with Gasteiger partial charge in [0.1, 0.15) is 5.75 Å². The van der Waals surface area contributed by atoms with Gasteiger partial charge < -0.3 is 10.4 Å². The van der Waals surface area contributed by atoms with Gasteiger partial charge in [0.15, 0.2) is 0 Å². The van der Waals surface area contributed by atoms with Crippen molar-refractivity contribution in [3.8, 4) is 5.75 Å². The standard InChI is InChI=1S/C13H9BrCl2N2O3/c14-10-5-9(18(20)21)1-2-12(10)17-6-7-3-8(15)4-11(16)13(7)19/h1-5,17,19H,6H2. The monoisotopic (exact) mass is 390 g/mol. The molecule has 2 rings (SSSR count). The summed E-state index contributed by atoms with van der Waals surface area (Å²) in [6.07, 6.45) is 0. The quantitative estimate of drug-likeness (QED) is 0.569. The molecule has 0 aliphatic heterocycles. The van der Waals surface area contributed by atoms with Gasteiger partial charge >= 0.3 is 0 Å². The van der Waals surface area contributed by atoms with Crippen LogP contribution in [0.5, 0.6) is 5.75 Å². The third kappa shape index (κ3) is 3.78. The van der Waals surface area contributed by atoms with Crippen molar-refractivity contribution in [1.82, 2.24) is 0 Å². The van der Waals surface area contributed by atoms with Gasteiger partial charge in [-0.05, 0) is 34.1 Å². The molecule has 2 aromatic carbocycles. The summed E-state index contributed by atoms with van der Waals surface area (Å²) >= 11 is 15.0. The fraction of sp³-hybridized carbons (Fsp3) is 0.0769. The maximum absolute atomic E-state index is 10.7. The van der Waals surface area contributed by atoms with Crippen LogP contribution in [0.1, 0.15) is 5.56 Å². The second-order valence-corrected chi connectivity index (χ2v) is 5.87. The molecule has 0 saturated heterocycles. The average Bonchev–Trinajstić information content (AvgIpc) is 2.42. The zero-order valence-corrected chi connectivity index (χ0v) is 13.5. The Morgan fingerprint density at radius 1 is 1.29 bits per heavy atom. The van der Waals surface area contributed by atoms with Crippen molar-refractivity contribution in [1.29, 1.82) is 0 Å². The maximum atomic E-state index is 10.7. The first kappa shape index (κ1) is 15.9. The molecule has 0 fully saturated rings. The van der Waals surface area contributed by atoms with Crippen molar-refractivity contribution >= 4 is 50.5 Å². The summed E-state index contributed by atoms with van der Waals surface area (Å²) in [6.45, 7) is 0.266. The van der Waals surface area contributed by atoms with Gasteiger partial charge in [-0.2, -0.15) is 0 Å². The van der Waals surface area contributed by atoms with Gasteiger partial charge in [0.05, 0.1) is 9.95 Å². The Hall–Kier alpha value is -1.50. The maximum Gasteiger partial charge on any atom is 0.270 e. The van der Waals surface area contributed by atoms with Gasteiger partial charge in [-0.1, -0.05) is 23.2 Å². The highest BCUT2D eigenvalue weighted by Gasteiger charge is 2.11. The fourth-order valence-corrected chi connectivity index (χ4v) is 2.75. The van der Waals surface area contributed by atoms with Gasteiger partial charge in [0.25, 0.3) is 5.69 Å². The van der Waals surface area contributed by atoms with E-state index in [1.807, 2.05) is 0 Å². The van der Waals surface area contributed by atoms with Crippen molar-refractivity contribution < 1.29 is 10.0 Å². The van der Waals surface area contributed by atoms with Crippen LogP contribution in [-0.4, -0.2) is 10.0 Å². The molecule has 0 saturated carbocycles. The van der Waals surface area contributed by atoms with E-state index in [1.165, 1.54) is 18.2 Å². The Morgan fingerprint density at radius 2 is 2.00 bits per heavy atom. The summed E-state index contributed by atoms with van der Waals surface area (Å²) in [5.74, 6) is -0.0494. The number of hydrogen-bond donors (Lipinski definition) is 2. The number of non-ortho nitro benzene ring substituents is 1. The molecule has 0 amide bonds. The lowest BCUT2D eigenvalue weighted by atomic mass is 10.2. The topological polar surface area (TPSA) is 75.4 Å². The number of phenolic OH excluding ortho intramolecular Hbond substituents is 1. The van der Waals surface area contributed by atoms with E-state index in [9.17, 15) is 15.2 Å². The molecule has 2 N–H and O–H groups in total. The van der Waals surface area contributed by atoms with E-state index < -0.39 is 4.92 Å². The number of hydrogen-bond acceptors (Lipinski definition) is 4. The van der Waals surface area contributed by atoms with Crippen LogP contribution in [0.4, 0.5) is 11.4 Å². The summed E-state index contributed by atoms with van der Waals surface area (Å²) in [5, 5.41) is 24.1. The molecule has 0 radical (unpaired) electrons. The van der Waals surface area contributed by atoms with Crippen LogP contribution in [0.15, 0.2) is 34.8 Å². The van der Waals surface area contributed by atoms with Crippen LogP contribution in [0.25, 0.3) is 0 Å². The van der Waals surface area contributed by atoms with Crippen molar-refractivity contribution in [2.45, 2.75) is 6.54 Å². The van der Waals surface area contributed by atoms with Crippen LogP contribution >= 0.6 is 39.1 Å².